The number of aromatic nitrogens is 1. The molecule has 13 heavy (non-hydrogen) atoms. The Morgan fingerprint density at radius 2 is 2.38 bits per heavy atom. The monoisotopic (exact) mass is 236 g/mol. The van der Waals surface area contributed by atoms with E-state index in [0.717, 1.165) is 5.69 Å². The lowest BCUT2D eigenvalue weighted by molar-refractivity contribution is 1.05. The zero-order valence-corrected chi connectivity index (χ0v) is 8.71. The molecule has 1 aromatic heterocycles. The summed E-state index contributed by atoms with van der Waals surface area (Å²) < 4.78 is 0. The summed E-state index contributed by atoms with van der Waals surface area (Å²) in [5.41, 5.74) is 2.77. The molecule has 0 aromatic carbocycles. The highest BCUT2D eigenvalue weighted by Crippen LogP contribution is 2.40. The predicted molar refractivity (Wildman–Crippen MR) is 53.6 cm³/mol. The normalized spacial score (nSPS) is 15.4. The zero-order chi connectivity index (χ0) is 9.26. The van der Waals surface area contributed by atoms with Gasteiger partial charge in [-0.25, -0.2) is 0 Å². The first-order valence-electron chi connectivity index (χ1n) is 4.30. The van der Waals surface area contributed by atoms with Gasteiger partial charge in [-0.15, -0.1) is 0 Å². The number of nitrogens with zero attached hydrogens (tertiary/aromatic N) is 2. The van der Waals surface area contributed by atoms with Crippen molar-refractivity contribution >= 4 is 15.9 Å². The van der Waals surface area contributed by atoms with Gasteiger partial charge in [-0.2, -0.15) is 5.26 Å². The van der Waals surface area contributed by atoms with Crippen LogP contribution in [0, 0.1) is 11.3 Å². The molecule has 2 nitrogen and oxygen atoms in total. The van der Waals surface area contributed by atoms with Crippen molar-refractivity contribution in [1.82, 2.24) is 4.98 Å². The molecule has 3 heteroatoms. The van der Waals surface area contributed by atoms with Crippen molar-refractivity contribution in [2.75, 3.05) is 0 Å². The first-order valence-corrected chi connectivity index (χ1v) is 5.42. The number of rotatable bonds is 2. The largest absolute Gasteiger partial charge is 0.259 e. The minimum absolute atomic E-state index is 0.654. The molecule has 1 heterocycles. The average Bonchev–Trinajstić information content (AvgIpc) is 3.00. The van der Waals surface area contributed by atoms with E-state index in [1.807, 2.05) is 12.3 Å². The molecule has 0 radical (unpaired) electrons. The highest BCUT2D eigenvalue weighted by molar-refractivity contribution is 9.08. The molecule has 66 valence electrons. The Labute approximate surface area is 85.7 Å². The van der Waals surface area contributed by atoms with Crippen LogP contribution in [-0.2, 0) is 5.33 Å². The van der Waals surface area contributed by atoms with E-state index < -0.39 is 0 Å². The highest BCUT2D eigenvalue weighted by atomic mass is 79.9. The summed E-state index contributed by atoms with van der Waals surface area (Å²) in [4.78, 5) is 4.26. The third-order valence-corrected chi connectivity index (χ3v) is 2.82. The number of nitriles is 1. The molecular formula is C10H9BrN2. The molecule has 1 aromatic rings. The molecule has 0 aliphatic heterocycles. The van der Waals surface area contributed by atoms with Crippen LogP contribution in [-0.4, -0.2) is 4.98 Å². The summed E-state index contributed by atoms with van der Waals surface area (Å²) in [6.45, 7) is 0. The van der Waals surface area contributed by atoms with Crippen LogP contribution in [0.2, 0.25) is 0 Å². The fourth-order valence-electron chi connectivity index (χ4n) is 1.35. The van der Waals surface area contributed by atoms with Crippen LogP contribution in [0.5, 0.6) is 0 Å². The van der Waals surface area contributed by atoms with Gasteiger partial charge in [-0.3, -0.25) is 4.98 Å². The number of pyridine rings is 1. The Balaban J connectivity index is 2.38. The van der Waals surface area contributed by atoms with Gasteiger partial charge in [0.25, 0.3) is 0 Å². The van der Waals surface area contributed by atoms with Gasteiger partial charge in [0.2, 0.25) is 0 Å². The van der Waals surface area contributed by atoms with E-state index in [0.29, 0.717) is 16.8 Å². The molecule has 0 spiro atoms. The Morgan fingerprint density at radius 1 is 1.62 bits per heavy atom. The summed E-state index contributed by atoms with van der Waals surface area (Å²) in [5.74, 6) is 0.670. The Kier molecular flexibility index (Phi) is 2.32. The van der Waals surface area contributed by atoms with E-state index in [1.54, 1.807) is 0 Å². The molecule has 1 aliphatic rings. The van der Waals surface area contributed by atoms with Crippen molar-refractivity contribution in [3.05, 3.63) is 29.1 Å². The second kappa shape index (κ2) is 3.47. The fourth-order valence-corrected chi connectivity index (χ4v) is 1.80. The fraction of sp³-hybridized carbons (Fsp3) is 0.400. The second-order valence-corrected chi connectivity index (χ2v) is 3.84. The quantitative estimate of drug-likeness (QED) is 0.741. The van der Waals surface area contributed by atoms with Crippen LogP contribution in [0.25, 0.3) is 0 Å². The minimum atomic E-state index is 0.654. The van der Waals surface area contributed by atoms with E-state index >= 15 is 0 Å². The molecule has 0 atom stereocenters. The summed E-state index contributed by atoms with van der Waals surface area (Å²) >= 11 is 3.31. The molecular weight excluding hydrogens is 228 g/mol. The summed E-state index contributed by atoms with van der Waals surface area (Å²) in [7, 11) is 0. The van der Waals surface area contributed by atoms with Crippen molar-refractivity contribution in [2.45, 2.75) is 24.1 Å². The van der Waals surface area contributed by atoms with Crippen LogP contribution >= 0.6 is 15.9 Å². The molecule has 1 saturated carbocycles. The van der Waals surface area contributed by atoms with E-state index in [2.05, 4.69) is 27.0 Å². The van der Waals surface area contributed by atoms with Crippen molar-refractivity contribution in [3.63, 3.8) is 0 Å². The standard InChI is InChI=1S/C10H9BrN2/c11-4-10-8(5-12)3-9(6-13-10)7-1-2-7/h3,6-7H,1-2,4H2. The Hall–Kier alpha value is -0.880. The molecule has 0 N–H and O–H groups in total. The number of hydrogen-bond donors (Lipinski definition) is 0. The molecule has 0 saturated heterocycles. The lowest BCUT2D eigenvalue weighted by Gasteiger charge is -2.01. The van der Waals surface area contributed by atoms with Gasteiger partial charge in [0, 0.05) is 11.5 Å². The molecule has 0 bridgehead atoms. The van der Waals surface area contributed by atoms with Crippen LogP contribution in [0.15, 0.2) is 12.3 Å². The van der Waals surface area contributed by atoms with Crippen LogP contribution in [0.4, 0.5) is 0 Å². The maximum Gasteiger partial charge on any atom is 0.101 e. The molecule has 0 amide bonds. The molecule has 2 rings (SSSR count). The molecule has 0 unspecified atom stereocenters. The first kappa shape index (κ1) is 8.71. The van der Waals surface area contributed by atoms with Crippen LogP contribution < -0.4 is 0 Å². The minimum Gasteiger partial charge on any atom is -0.259 e. The Bertz CT molecular complexity index is 364. The molecule has 1 fully saturated rings. The number of hydrogen-bond acceptors (Lipinski definition) is 2. The van der Waals surface area contributed by atoms with Crippen molar-refractivity contribution in [1.29, 1.82) is 5.26 Å². The van der Waals surface area contributed by atoms with Gasteiger partial charge in [0.15, 0.2) is 0 Å². The Morgan fingerprint density at radius 3 is 2.92 bits per heavy atom. The van der Waals surface area contributed by atoms with Gasteiger partial charge in [0.1, 0.15) is 6.07 Å². The maximum atomic E-state index is 8.87. The lowest BCUT2D eigenvalue weighted by atomic mass is 10.1. The third-order valence-electron chi connectivity index (χ3n) is 2.29. The van der Waals surface area contributed by atoms with Gasteiger partial charge in [-0.1, -0.05) is 15.9 Å². The summed E-state index contributed by atoms with van der Waals surface area (Å²) in [6, 6.07) is 4.15. The maximum absolute atomic E-state index is 8.87. The topological polar surface area (TPSA) is 36.7 Å². The van der Waals surface area contributed by atoms with Gasteiger partial charge in [-0.05, 0) is 30.4 Å². The number of alkyl halides is 1. The van der Waals surface area contributed by atoms with E-state index in [-0.39, 0.29) is 0 Å². The van der Waals surface area contributed by atoms with E-state index in [4.69, 9.17) is 5.26 Å². The van der Waals surface area contributed by atoms with E-state index in [1.165, 1.54) is 18.4 Å². The lowest BCUT2D eigenvalue weighted by Crippen LogP contribution is -1.93. The van der Waals surface area contributed by atoms with Crippen molar-refractivity contribution < 1.29 is 0 Å². The second-order valence-electron chi connectivity index (χ2n) is 3.28. The van der Waals surface area contributed by atoms with Crippen LogP contribution in [0.1, 0.15) is 35.6 Å². The first-order chi connectivity index (χ1) is 6.35. The summed E-state index contributed by atoms with van der Waals surface area (Å²) in [5, 5.41) is 9.52. The SMILES string of the molecule is N#Cc1cc(C2CC2)cnc1CBr. The van der Waals surface area contributed by atoms with Gasteiger partial charge >= 0.3 is 0 Å². The average molecular weight is 237 g/mol. The smallest absolute Gasteiger partial charge is 0.101 e. The zero-order valence-electron chi connectivity index (χ0n) is 7.13. The van der Waals surface area contributed by atoms with Crippen molar-refractivity contribution in [3.8, 4) is 6.07 Å². The number of halogens is 1. The third kappa shape index (κ3) is 1.73. The highest BCUT2D eigenvalue weighted by Gasteiger charge is 2.24. The van der Waals surface area contributed by atoms with Gasteiger partial charge in [0.05, 0.1) is 11.3 Å². The molecule has 1 aliphatic carbocycles. The van der Waals surface area contributed by atoms with Crippen molar-refractivity contribution in [2.24, 2.45) is 0 Å². The predicted octanol–water partition coefficient (Wildman–Crippen LogP) is 2.73. The van der Waals surface area contributed by atoms with Gasteiger partial charge < -0.3 is 0 Å². The van der Waals surface area contributed by atoms with Crippen LogP contribution in [0.3, 0.4) is 0 Å². The van der Waals surface area contributed by atoms with E-state index in [9.17, 15) is 0 Å². The summed E-state index contributed by atoms with van der Waals surface area (Å²) in [6.07, 6.45) is 4.40.